The Labute approximate surface area is 113 Å². The molecule has 0 amide bonds. The molecular formula is C15H22F2N2. The van der Waals surface area contributed by atoms with Crippen LogP contribution in [0.25, 0.3) is 0 Å². The molecule has 1 aliphatic heterocycles. The van der Waals surface area contributed by atoms with Gasteiger partial charge in [-0.1, -0.05) is 12.5 Å². The summed E-state index contributed by atoms with van der Waals surface area (Å²) < 4.78 is 27.4. The average molecular weight is 268 g/mol. The normalized spacial score (nSPS) is 20.7. The zero-order chi connectivity index (χ0) is 13.7. The molecule has 1 atom stereocenters. The number of piperidine rings is 1. The van der Waals surface area contributed by atoms with Crippen LogP contribution < -0.4 is 5.32 Å². The summed E-state index contributed by atoms with van der Waals surface area (Å²) in [7, 11) is 1.93. The lowest BCUT2D eigenvalue weighted by Gasteiger charge is -2.36. The second-order valence-corrected chi connectivity index (χ2v) is 5.21. The molecular weight excluding hydrogens is 246 g/mol. The highest BCUT2D eigenvalue weighted by Crippen LogP contribution is 2.23. The van der Waals surface area contributed by atoms with Gasteiger partial charge in [0.05, 0.1) is 0 Å². The molecule has 0 aliphatic carbocycles. The van der Waals surface area contributed by atoms with Crippen molar-refractivity contribution in [2.75, 3.05) is 20.1 Å². The molecule has 19 heavy (non-hydrogen) atoms. The van der Waals surface area contributed by atoms with Gasteiger partial charge in [-0.05, 0) is 51.5 Å². The van der Waals surface area contributed by atoms with Crippen molar-refractivity contribution in [2.24, 2.45) is 0 Å². The topological polar surface area (TPSA) is 15.3 Å². The van der Waals surface area contributed by atoms with E-state index in [9.17, 15) is 8.78 Å². The van der Waals surface area contributed by atoms with Crippen molar-refractivity contribution >= 4 is 0 Å². The Hall–Kier alpha value is -1.00. The van der Waals surface area contributed by atoms with E-state index in [4.69, 9.17) is 0 Å². The molecule has 1 fully saturated rings. The minimum Gasteiger partial charge on any atom is -0.320 e. The zero-order valence-corrected chi connectivity index (χ0v) is 11.5. The highest BCUT2D eigenvalue weighted by atomic mass is 19.1. The van der Waals surface area contributed by atoms with Crippen LogP contribution >= 0.6 is 0 Å². The smallest absolute Gasteiger partial charge is 0.130 e. The molecule has 2 rings (SSSR count). The van der Waals surface area contributed by atoms with E-state index in [0.717, 1.165) is 32.4 Å². The van der Waals surface area contributed by atoms with E-state index < -0.39 is 11.6 Å². The number of likely N-dealkylation sites (tertiary alicyclic amines) is 1. The van der Waals surface area contributed by atoms with Gasteiger partial charge >= 0.3 is 0 Å². The largest absolute Gasteiger partial charge is 0.320 e. The first-order valence-electron chi connectivity index (χ1n) is 7.04. The van der Waals surface area contributed by atoms with Crippen LogP contribution in [0.1, 0.15) is 31.2 Å². The molecule has 2 nitrogen and oxygen atoms in total. The second kappa shape index (κ2) is 6.96. The third kappa shape index (κ3) is 3.74. The Kier molecular flexibility index (Phi) is 5.28. The maximum absolute atomic E-state index is 13.7. The van der Waals surface area contributed by atoms with Gasteiger partial charge in [0.1, 0.15) is 11.6 Å². The van der Waals surface area contributed by atoms with E-state index in [1.165, 1.54) is 24.6 Å². The lowest BCUT2D eigenvalue weighted by Crippen LogP contribution is -2.40. The predicted octanol–water partition coefficient (Wildman–Crippen LogP) is 2.93. The summed E-state index contributed by atoms with van der Waals surface area (Å²) >= 11 is 0. The Morgan fingerprint density at radius 1 is 1.26 bits per heavy atom. The van der Waals surface area contributed by atoms with E-state index in [-0.39, 0.29) is 5.56 Å². The van der Waals surface area contributed by atoms with Gasteiger partial charge < -0.3 is 5.32 Å². The highest BCUT2D eigenvalue weighted by Gasteiger charge is 2.23. The van der Waals surface area contributed by atoms with Gasteiger partial charge in [-0.2, -0.15) is 0 Å². The van der Waals surface area contributed by atoms with E-state index in [2.05, 4.69) is 10.2 Å². The van der Waals surface area contributed by atoms with Gasteiger partial charge in [0, 0.05) is 18.2 Å². The minimum atomic E-state index is -0.432. The third-order valence-electron chi connectivity index (χ3n) is 3.90. The van der Waals surface area contributed by atoms with Crippen LogP contribution in [0, 0.1) is 11.6 Å². The number of benzene rings is 1. The SMILES string of the molecule is CNCCC1CCCCN1Cc1c(F)cccc1F. The van der Waals surface area contributed by atoms with Gasteiger partial charge in [0.15, 0.2) is 0 Å². The van der Waals surface area contributed by atoms with E-state index in [1.54, 1.807) is 0 Å². The fourth-order valence-electron chi connectivity index (χ4n) is 2.79. The monoisotopic (exact) mass is 268 g/mol. The van der Waals surface area contributed by atoms with Crippen LogP contribution in [0.5, 0.6) is 0 Å². The fourth-order valence-corrected chi connectivity index (χ4v) is 2.79. The molecule has 0 saturated carbocycles. The molecule has 1 saturated heterocycles. The van der Waals surface area contributed by atoms with Crippen molar-refractivity contribution < 1.29 is 8.78 Å². The van der Waals surface area contributed by atoms with Crippen LogP contribution in [0.4, 0.5) is 8.78 Å². The first kappa shape index (κ1) is 14.4. The number of nitrogens with one attached hydrogen (secondary N) is 1. The molecule has 1 aliphatic rings. The second-order valence-electron chi connectivity index (χ2n) is 5.21. The molecule has 4 heteroatoms. The number of hydrogen-bond acceptors (Lipinski definition) is 2. The molecule has 1 unspecified atom stereocenters. The number of hydrogen-bond donors (Lipinski definition) is 1. The first-order valence-corrected chi connectivity index (χ1v) is 7.04. The highest BCUT2D eigenvalue weighted by molar-refractivity contribution is 5.19. The number of rotatable bonds is 5. The van der Waals surface area contributed by atoms with Crippen molar-refractivity contribution in [3.8, 4) is 0 Å². The summed E-state index contributed by atoms with van der Waals surface area (Å²) in [6.45, 7) is 2.26. The van der Waals surface area contributed by atoms with Crippen molar-refractivity contribution in [1.29, 1.82) is 0 Å². The van der Waals surface area contributed by atoms with E-state index >= 15 is 0 Å². The molecule has 106 valence electrons. The van der Waals surface area contributed by atoms with Crippen LogP contribution in [0.15, 0.2) is 18.2 Å². The van der Waals surface area contributed by atoms with Gasteiger partial charge in [-0.25, -0.2) is 8.78 Å². The molecule has 1 N–H and O–H groups in total. The lowest BCUT2D eigenvalue weighted by atomic mass is 9.98. The summed E-state index contributed by atoms with van der Waals surface area (Å²) in [5, 5.41) is 3.15. The standard InChI is InChI=1S/C15H22F2N2/c1-18-9-8-12-5-2-3-10-19(12)11-13-14(16)6-4-7-15(13)17/h4,6-7,12,18H,2-3,5,8-11H2,1H3. The Bertz CT molecular complexity index is 389. The van der Waals surface area contributed by atoms with Crippen LogP contribution in [-0.2, 0) is 6.54 Å². The summed E-state index contributed by atoms with van der Waals surface area (Å²) in [6, 6.07) is 4.53. The number of halogens is 2. The Morgan fingerprint density at radius 3 is 2.68 bits per heavy atom. The molecule has 0 bridgehead atoms. The van der Waals surface area contributed by atoms with E-state index in [1.807, 2.05) is 7.05 Å². The predicted molar refractivity (Wildman–Crippen MR) is 73.0 cm³/mol. The van der Waals surface area contributed by atoms with Crippen LogP contribution in [0.3, 0.4) is 0 Å². The van der Waals surface area contributed by atoms with Crippen molar-refractivity contribution in [1.82, 2.24) is 10.2 Å². The maximum atomic E-state index is 13.7. The lowest BCUT2D eigenvalue weighted by molar-refractivity contribution is 0.129. The average Bonchev–Trinajstić information content (AvgIpc) is 2.42. The van der Waals surface area contributed by atoms with E-state index in [0.29, 0.717) is 12.6 Å². The minimum absolute atomic E-state index is 0.207. The van der Waals surface area contributed by atoms with Crippen LogP contribution in [0.2, 0.25) is 0 Å². The molecule has 1 aromatic rings. The molecule has 0 spiro atoms. The summed E-state index contributed by atoms with van der Waals surface area (Å²) in [6.07, 6.45) is 4.49. The summed E-state index contributed by atoms with van der Waals surface area (Å²) in [5.41, 5.74) is 0.207. The zero-order valence-electron chi connectivity index (χ0n) is 11.5. The molecule has 0 aromatic heterocycles. The quantitative estimate of drug-likeness (QED) is 0.883. The Morgan fingerprint density at radius 2 is 2.00 bits per heavy atom. The fraction of sp³-hybridized carbons (Fsp3) is 0.600. The third-order valence-corrected chi connectivity index (χ3v) is 3.90. The van der Waals surface area contributed by atoms with Crippen molar-refractivity contribution in [3.05, 3.63) is 35.4 Å². The molecule has 0 radical (unpaired) electrons. The first-order chi connectivity index (χ1) is 9.22. The van der Waals surface area contributed by atoms with Crippen molar-refractivity contribution in [2.45, 2.75) is 38.3 Å². The van der Waals surface area contributed by atoms with Gasteiger partial charge in [-0.15, -0.1) is 0 Å². The summed E-state index contributed by atoms with van der Waals surface area (Å²) in [4.78, 5) is 2.22. The van der Waals surface area contributed by atoms with Gasteiger partial charge in [0.2, 0.25) is 0 Å². The van der Waals surface area contributed by atoms with Crippen LogP contribution in [-0.4, -0.2) is 31.1 Å². The molecule has 1 aromatic carbocycles. The van der Waals surface area contributed by atoms with Crippen molar-refractivity contribution in [3.63, 3.8) is 0 Å². The number of nitrogens with zero attached hydrogens (tertiary/aromatic N) is 1. The summed E-state index contributed by atoms with van der Waals surface area (Å²) in [5.74, 6) is -0.865. The Balaban J connectivity index is 2.06. The maximum Gasteiger partial charge on any atom is 0.130 e. The van der Waals surface area contributed by atoms with Gasteiger partial charge in [-0.3, -0.25) is 4.90 Å². The van der Waals surface area contributed by atoms with Gasteiger partial charge in [0.25, 0.3) is 0 Å². The molecule has 1 heterocycles.